The van der Waals surface area contributed by atoms with Gasteiger partial charge in [-0.2, -0.15) is 0 Å². The molecule has 0 bridgehead atoms. The lowest BCUT2D eigenvalue weighted by Gasteiger charge is -2.26. The molecule has 0 saturated heterocycles. The highest BCUT2D eigenvalue weighted by Crippen LogP contribution is 2.22. The lowest BCUT2D eigenvalue weighted by Crippen LogP contribution is -2.28. The molecular weight excluding hydrogens is 210 g/mol. The Hall–Kier alpha value is -1.51. The van der Waals surface area contributed by atoms with E-state index >= 15 is 0 Å². The molecule has 94 valence electrons. The molecule has 0 atom stereocenters. The summed E-state index contributed by atoms with van der Waals surface area (Å²) in [4.78, 5) is 2.32. The molecule has 3 nitrogen and oxygen atoms in total. The molecule has 0 aromatic heterocycles. The van der Waals surface area contributed by atoms with Crippen molar-refractivity contribution in [1.82, 2.24) is 0 Å². The standard InChI is InChI=1S/C14H23N3/c1-4-8-17(9-5-2)13-10-11(3)6-7-12(13)14(15)16/h6-7,10H,4-5,8-9H2,1-3H3,(H3,15,16). The molecule has 0 unspecified atom stereocenters. The Kier molecular flexibility index (Phi) is 5.01. The second-order valence-electron chi connectivity index (χ2n) is 4.42. The van der Waals surface area contributed by atoms with Crippen molar-refractivity contribution in [3.05, 3.63) is 29.3 Å². The zero-order valence-electron chi connectivity index (χ0n) is 11.1. The number of nitrogens with two attached hydrogens (primary N) is 1. The lowest BCUT2D eigenvalue weighted by atomic mass is 10.1. The number of hydrogen-bond acceptors (Lipinski definition) is 2. The molecule has 0 aliphatic heterocycles. The van der Waals surface area contributed by atoms with Crippen LogP contribution < -0.4 is 10.6 Å². The molecule has 0 aliphatic carbocycles. The van der Waals surface area contributed by atoms with Crippen molar-refractivity contribution in [1.29, 1.82) is 5.41 Å². The fourth-order valence-electron chi connectivity index (χ4n) is 2.02. The fraction of sp³-hybridized carbons (Fsp3) is 0.500. The third-order valence-electron chi connectivity index (χ3n) is 2.77. The molecule has 1 aromatic carbocycles. The van der Waals surface area contributed by atoms with E-state index in [9.17, 15) is 0 Å². The summed E-state index contributed by atoms with van der Waals surface area (Å²) in [5, 5.41) is 7.66. The predicted octanol–water partition coefficient (Wildman–Crippen LogP) is 2.91. The van der Waals surface area contributed by atoms with E-state index in [2.05, 4.69) is 31.7 Å². The van der Waals surface area contributed by atoms with Gasteiger partial charge in [-0.25, -0.2) is 0 Å². The zero-order chi connectivity index (χ0) is 12.8. The molecule has 0 amide bonds. The highest BCUT2D eigenvalue weighted by Gasteiger charge is 2.11. The number of amidine groups is 1. The van der Waals surface area contributed by atoms with Gasteiger partial charge in [-0.1, -0.05) is 19.9 Å². The van der Waals surface area contributed by atoms with Crippen LogP contribution in [0.3, 0.4) is 0 Å². The minimum Gasteiger partial charge on any atom is -0.384 e. The summed E-state index contributed by atoms with van der Waals surface area (Å²) in [6.07, 6.45) is 2.20. The maximum absolute atomic E-state index is 7.66. The van der Waals surface area contributed by atoms with Gasteiger partial charge in [-0.05, 0) is 37.5 Å². The molecule has 17 heavy (non-hydrogen) atoms. The van der Waals surface area contributed by atoms with Gasteiger partial charge in [-0.15, -0.1) is 0 Å². The van der Waals surface area contributed by atoms with Crippen LogP contribution in [0.5, 0.6) is 0 Å². The van der Waals surface area contributed by atoms with Crippen LogP contribution in [-0.2, 0) is 0 Å². The van der Waals surface area contributed by atoms with E-state index in [4.69, 9.17) is 11.1 Å². The van der Waals surface area contributed by atoms with E-state index in [0.29, 0.717) is 0 Å². The van der Waals surface area contributed by atoms with Gasteiger partial charge < -0.3 is 10.6 Å². The molecular formula is C14H23N3. The van der Waals surface area contributed by atoms with Gasteiger partial charge in [0.2, 0.25) is 0 Å². The molecule has 1 rings (SSSR count). The Labute approximate surface area is 104 Å². The summed E-state index contributed by atoms with van der Waals surface area (Å²) in [7, 11) is 0. The number of rotatable bonds is 6. The second-order valence-corrected chi connectivity index (χ2v) is 4.42. The average Bonchev–Trinajstić information content (AvgIpc) is 2.28. The monoisotopic (exact) mass is 233 g/mol. The Morgan fingerprint density at radius 3 is 2.29 bits per heavy atom. The van der Waals surface area contributed by atoms with E-state index in [0.717, 1.165) is 37.2 Å². The molecule has 0 spiro atoms. The molecule has 1 aromatic rings. The lowest BCUT2D eigenvalue weighted by molar-refractivity contribution is 0.744. The quantitative estimate of drug-likeness (QED) is 0.586. The van der Waals surface area contributed by atoms with E-state index in [-0.39, 0.29) is 5.84 Å². The molecule has 0 aliphatic rings. The first-order valence-corrected chi connectivity index (χ1v) is 6.30. The summed E-state index contributed by atoms with van der Waals surface area (Å²) in [6.45, 7) is 8.44. The zero-order valence-corrected chi connectivity index (χ0v) is 11.1. The number of hydrogen-bond donors (Lipinski definition) is 2. The normalized spacial score (nSPS) is 10.3. The number of nitrogens with one attached hydrogen (secondary N) is 1. The summed E-state index contributed by atoms with van der Waals surface area (Å²) in [5.74, 6) is 0.150. The Bertz CT molecular complexity index is 379. The first-order chi connectivity index (χ1) is 8.10. The van der Waals surface area contributed by atoms with Crippen molar-refractivity contribution in [2.45, 2.75) is 33.6 Å². The van der Waals surface area contributed by atoms with Crippen LogP contribution >= 0.6 is 0 Å². The number of nitrogens with zero attached hydrogens (tertiary/aromatic N) is 1. The van der Waals surface area contributed by atoms with Gasteiger partial charge in [0.1, 0.15) is 5.84 Å². The summed E-state index contributed by atoms with van der Waals surface area (Å²) >= 11 is 0. The molecule has 3 heteroatoms. The fourth-order valence-corrected chi connectivity index (χ4v) is 2.02. The highest BCUT2D eigenvalue weighted by atomic mass is 15.1. The van der Waals surface area contributed by atoms with Crippen LogP contribution in [0.1, 0.15) is 37.8 Å². The maximum atomic E-state index is 7.66. The number of benzene rings is 1. The minimum atomic E-state index is 0.150. The van der Waals surface area contributed by atoms with E-state index in [1.807, 2.05) is 12.1 Å². The van der Waals surface area contributed by atoms with Crippen molar-refractivity contribution in [3.8, 4) is 0 Å². The first-order valence-electron chi connectivity index (χ1n) is 6.30. The van der Waals surface area contributed by atoms with Gasteiger partial charge in [0, 0.05) is 24.3 Å². The van der Waals surface area contributed by atoms with Crippen LogP contribution in [-0.4, -0.2) is 18.9 Å². The molecule has 0 saturated carbocycles. The minimum absolute atomic E-state index is 0.150. The third-order valence-corrected chi connectivity index (χ3v) is 2.77. The van der Waals surface area contributed by atoms with E-state index in [1.54, 1.807) is 0 Å². The Morgan fingerprint density at radius 1 is 1.24 bits per heavy atom. The third kappa shape index (κ3) is 3.48. The van der Waals surface area contributed by atoms with Crippen molar-refractivity contribution in [2.24, 2.45) is 5.73 Å². The van der Waals surface area contributed by atoms with Crippen molar-refractivity contribution >= 4 is 11.5 Å². The molecule has 0 fully saturated rings. The number of nitrogen functional groups attached to an aromatic ring is 1. The largest absolute Gasteiger partial charge is 0.384 e. The van der Waals surface area contributed by atoms with Gasteiger partial charge in [-0.3, -0.25) is 5.41 Å². The van der Waals surface area contributed by atoms with Crippen molar-refractivity contribution in [2.75, 3.05) is 18.0 Å². The summed E-state index contributed by atoms with van der Waals surface area (Å²) in [6, 6.07) is 6.09. The van der Waals surface area contributed by atoms with Crippen molar-refractivity contribution in [3.63, 3.8) is 0 Å². The Morgan fingerprint density at radius 2 is 1.82 bits per heavy atom. The maximum Gasteiger partial charge on any atom is 0.124 e. The van der Waals surface area contributed by atoms with Crippen LogP contribution in [0.25, 0.3) is 0 Å². The average molecular weight is 233 g/mol. The highest BCUT2D eigenvalue weighted by molar-refractivity contribution is 6.00. The molecule has 3 N–H and O–H groups in total. The van der Waals surface area contributed by atoms with Crippen LogP contribution in [0, 0.1) is 12.3 Å². The molecule has 0 heterocycles. The van der Waals surface area contributed by atoms with E-state index < -0.39 is 0 Å². The summed E-state index contributed by atoms with van der Waals surface area (Å²) in [5.41, 5.74) is 8.80. The number of aryl methyl sites for hydroxylation is 1. The topological polar surface area (TPSA) is 53.1 Å². The van der Waals surface area contributed by atoms with Crippen LogP contribution in [0.4, 0.5) is 5.69 Å². The van der Waals surface area contributed by atoms with Gasteiger partial charge >= 0.3 is 0 Å². The molecule has 0 radical (unpaired) electrons. The second kappa shape index (κ2) is 6.28. The van der Waals surface area contributed by atoms with Gasteiger partial charge in [0.15, 0.2) is 0 Å². The van der Waals surface area contributed by atoms with Crippen molar-refractivity contribution < 1.29 is 0 Å². The van der Waals surface area contributed by atoms with Crippen LogP contribution in [0.15, 0.2) is 18.2 Å². The van der Waals surface area contributed by atoms with E-state index in [1.165, 1.54) is 5.56 Å². The SMILES string of the molecule is CCCN(CCC)c1cc(C)ccc1C(=N)N. The predicted molar refractivity (Wildman–Crippen MR) is 75.0 cm³/mol. The number of anilines is 1. The van der Waals surface area contributed by atoms with Gasteiger partial charge in [0.05, 0.1) is 0 Å². The smallest absolute Gasteiger partial charge is 0.124 e. The first kappa shape index (κ1) is 13.6. The summed E-state index contributed by atoms with van der Waals surface area (Å²) < 4.78 is 0. The van der Waals surface area contributed by atoms with Crippen LogP contribution in [0.2, 0.25) is 0 Å². The van der Waals surface area contributed by atoms with Gasteiger partial charge in [0.25, 0.3) is 0 Å². The Balaban J connectivity index is 3.14.